The molecule has 0 atom stereocenters. The highest BCUT2D eigenvalue weighted by atomic mass is 16.5. The van der Waals surface area contributed by atoms with E-state index in [1.54, 1.807) is 13.2 Å². The van der Waals surface area contributed by atoms with Crippen LogP contribution in [0.5, 0.6) is 5.75 Å². The zero-order chi connectivity index (χ0) is 20.2. The predicted octanol–water partition coefficient (Wildman–Crippen LogP) is 3.31. The maximum Gasteiger partial charge on any atom is 0.251 e. The van der Waals surface area contributed by atoms with Crippen molar-refractivity contribution in [2.24, 2.45) is 0 Å². The molecule has 4 aromatic rings. The Morgan fingerprint density at radius 3 is 2.76 bits per heavy atom. The highest BCUT2D eigenvalue weighted by Gasteiger charge is 2.08. The summed E-state index contributed by atoms with van der Waals surface area (Å²) in [5.41, 5.74) is 3.47. The number of aryl methyl sites for hydroxylation is 1. The SMILES string of the molecule is COc1ccc2[nH]c(=O)c(CCC(=O)NCCc3c[nH]c4ccccc34)cc2c1. The van der Waals surface area contributed by atoms with E-state index in [2.05, 4.69) is 21.4 Å². The molecule has 0 spiro atoms. The van der Waals surface area contributed by atoms with Crippen molar-refractivity contribution < 1.29 is 9.53 Å². The van der Waals surface area contributed by atoms with Crippen molar-refractivity contribution >= 4 is 27.7 Å². The van der Waals surface area contributed by atoms with Crippen LogP contribution in [-0.2, 0) is 17.6 Å². The van der Waals surface area contributed by atoms with E-state index in [-0.39, 0.29) is 17.9 Å². The van der Waals surface area contributed by atoms with Gasteiger partial charge in [0.25, 0.3) is 5.56 Å². The number of carbonyl (C=O) groups is 1. The molecule has 3 N–H and O–H groups in total. The number of pyridine rings is 1. The van der Waals surface area contributed by atoms with Gasteiger partial charge in [-0.3, -0.25) is 9.59 Å². The number of ether oxygens (including phenoxy) is 1. The van der Waals surface area contributed by atoms with Gasteiger partial charge in [0, 0.05) is 46.5 Å². The molecule has 0 unspecified atom stereocenters. The smallest absolute Gasteiger partial charge is 0.251 e. The quantitative estimate of drug-likeness (QED) is 0.453. The van der Waals surface area contributed by atoms with Crippen molar-refractivity contribution in [2.45, 2.75) is 19.3 Å². The lowest BCUT2D eigenvalue weighted by Crippen LogP contribution is -2.26. The zero-order valence-corrected chi connectivity index (χ0v) is 16.2. The number of rotatable bonds is 7. The summed E-state index contributed by atoms with van der Waals surface area (Å²) in [4.78, 5) is 30.6. The number of hydrogen-bond donors (Lipinski definition) is 3. The van der Waals surface area contributed by atoms with E-state index < -0.39 is 0 Å². The van der Waals surface area contributed by atoms with Gasteiger partial charge in [-0.1, -0.05) is 18.2 Å². The molecule has 0 aliphatic rings. The molecule has 0 bridgehead atoms. The fraction of sp³-hybridized carbons (Fsp3) is 0.217. The van der Waals surface area contributed by atoms with E-state index >= 15 is 0 Å². The van der Waals surface area contributed by atoms with Gasteiger partial charge in [0.1, 0.15) is 5.75 Å². The highest BCUT2D eigenvalue weighted by molar-refractivity contribution is 5.83. The number of benzene rings is 2. The Hall–Kier alpha value is -3.54. The van der Waals surface area contributed by atoms with Gasteiger partial charge in [-0.25, -0.2) is 0 Å². The summed E-state index contributed by atoms with van der Waals surface area (Å²) in [6.45, 7) is 0.561. The van der Waals surface area contributed by atoms with Gasteiger partial charge < -0.3 is 20.0 Å². The van der Waals surface area contributed by atoms with Crippen molar-refractivity contribution in [3.05, 3.63) is 76.2 Å². The third-order valence-electron chi connectivity index (χ3n) is 5.14. The summed E-state index contributed by atoms with van der Waals surface area (Å²) < 4.78 is 5.23. The van der Waals surface area contributed by atoms with Gasteiger partial charge >= 0.3 is 0 Å². The molecule has 0 saturated carbocycles. The van der Waals surface area contributed by atoms with Gasteiger partial charge in [-0.15, -0.1) is 0 Å². The van der Waals surface area contributed by atoms with Crippen LogP contribution in [0.25, 0.3) is 21.8 Å². The molecule has 0 radical (unpaired) electrons. The first kappa shape index (κ1) is 18.8. The maximum atomic E-state index is 12.3. The summed E-state index contributed by atoms with van der Waals surface area (Å²) >= 11 is 0. The Kier molecular flexibility index (Phi) is 5.33. The topological polar surface area (TPSA) is 87.0 Å². The molecule has 6 nitrogen and oxygen atoms in total. The lowest BCUT2D eigenvalue weighted by atomic mass is 10.1. The van der Waals surface area contributed by atoms with Crippen LogP contribution in [0.3, 0.4) is 0 Å². The van der Waals surface area contributed by atoms with Crippen LogP contribution in [0.2, 0.25) is 0 Å². The fourth-order valence-electron chi connectivity index (χ4n) is 3.55. The van der Waals surface area contributed by atoms with E-state index in [4.69, 9.17) is 4.74 Å². The Morgan fingerprint density at radius 1 is 1.03 bits per heavy atom. The molecule has 0 saturated heterocycles. The molecule has 2 heterocycles. The molecule has 148 valence electrons. The molecule has 0 aliphatic heterocycles. The minimum Gasteiger partial charge on any atom is -0.497 e. The number of H-pyrrole nitrogens is 2. The molecule has 0 aliphatic carbocycles. The monoisotopic (exact) mass is 389 g/mol. The van der Waals surface area contributed by atoms with Crippen molar-refractivity contribution in [2.75, 3.05) is 13.7 Å². The van der Waals surface area contributed by atoms with Gasteiger partial charge in [0.2, 0.25) is 5.91 Å². The second-order valence-corrected chi connectivity index (χ2v) is 7.04. The first-order valence-corrected chi connectivity index (χ1v) is 9.65. The van der Waals surface area contributed by atoms with E-state index in [0.717, 1.165) is 28.6 Å². The largest absolute Gasteiger partial charge is 0.497 e. The Labute approximate surface area is 167 Å². The van der Waals surface area contributed by atoms with Crippen molar-refractivity contribution in [3.8, 4) is 5.75 Å². The molecule has 29 heavy (non-hydrogen) atoms. The number of fused-ring (bicyclic) bond motifs is 2. The molecule has 4 rings (SSSR count). The van der Waals surface area contributed by atoms with Crippen LogP contribution in [-0.4, -0.2) is 29.5 Å². The number of hydrogen-bond acceptors (Lipinski definition) is 3. The van der Waals surface area contributed by atoms with Crippen molar-refractivity contribution in [3.63, 3.8) is 0 Å². The predicted molar refractivity (Wildman–Crippen MR) is 114 cm³/mol. The van der Waals surface area contributed by atoms with Gasteiger partial charge in [-0.2, -0.15) is 0 Å². The van der Waals surface area contributed by atoms with E-state index in [1.807, 2.05) is 42.6 Å². The van der Waals surface area contributed by atoms with Gasteiger partial charge in [0.15, 0.2) is 0 Å². The van der Waals surface area contributed by atoms with Crippen LogP contribution in [0.1, 0.15) is 17.5 Å². The molecule has 6 heteroatoms. The van der Waals surface area contributed by atoms with Crippen LogP contribution < -0.4 is 15.6 Å². The molecule has 1 amide bonds. The summed E-state index contributed by atoms with van der Waals surface area (Å²) in [5.74, 6) is 0.667. The van der Waals surface area contributed by atoms with E-state index in [1.165, 1.54) is 10.9 Å². The van der Waals surface area contributed by atoms with Gasteiger partial charge in [-0.05, 0) is 48.7 Å². The normalized spacial score (nSPS) is 11.1. The average molecular weight is 389 g/mol. The van der Waals surface area contributed by atoms with E-state index in [0.29, 0.717) is 18.5 Å². The maximum absolute atomic E-state index is 12.3. The Balaban J connectivity index is 1.34. The standard InChI is InChI=1S/C23H23N3O3/c1-29-18-7-8-20-17(13-18)12-15(23(28)26-20)6-9-22(27)24-11-10-16-14-25-21-5-3-2-4-19(16)21/h2-5,7-8,12-14,25H,6,9-11H2,1H3,(H,24,27)(H,26,28). The van der Waals surface area contributed by atoms with Crippen LogP contribution in [0.4, 0.5) is 0 Å². The minimum atomic E-state index is -0.158. The summed E-state index contributed by atoms with van der Waals surface area (Å²) in [7, 11) is 1.61. The Morgan fingerprint density at radius 2 is 1.90 bits per heavy atom. The Bertz CT molecular complexity index is 1220. The fourth-order valence-corrected chi connectivity index (χ4v) is 3.55. The number of nitrogens with one attached hydrogen (secondary N) is 3. The second-order valence-electron chi connectivity index (χ2n) is 7.04. The molecule has 0 fully saturated rings. The second kappa shape index (κ2) is 8.22. The lowest BCUT2D eigenvalue weighted by Gasteiger charge is -2.07. The number of aromatic nitrogens is 2. The number of methoxy groups -OCH3 is 1. The third-order valence-corrected chi connectivity index (χ3v) is 5.14. The summed E-state index contributed by atoms with van der Waals surface area (Å²) in [5, 5.41) is 5.01. The first-order valence-electron chi connectivity index (χ1n) is 9.65. The first-order chi connectivity index (χ1) is 14.1. The lowest BCUT2D eigenvalue weighted by molar-refractivity contribution is -0.121. The number of carbonyl (C=O) groups excluding carboxylic acids is 1. The number of amides is 1. The zero-order valence-electron chi connectivity index (χ0n) is 16.2. The highest BCUT2D eigenvalue weighted by Crippen LogP contribution is 2.19. The van der Waals surface area contributed by atoms with E-state index in [9.17, 15) is 9.59 Å². The van der Waals surface area contributed by atoms with Crippen LogP contribution >= 0.6 is 0 Å². The average Bonchev–Trinajstić information content (AvgIpc) is 3.15. The van der Waals surface area contributed by atoms with Crippen molar-refractivity contribution in [1.82, 2.24) is 15.3 Å². The van der Waals surface area contributed by atoms with Crippen molar-refractivity contribution in [1.29, 1.82) is 0 Å². The van der Waals surface area contributed by atoms with Crippen LogP contribution in [0, 0.1) is 0 Å². The molecule has 2 aromatic carbocycles. The number of aromatic amines is 2. The third kappa shape index (κ3) is 4.16. The number of para-hydroxylation sites is 1. The summed E-state index contributed by atoms with van der Waals surface area (Å²) in [6.07, 6.45) is 3.40. The van der Waals surface area contributed by atoms with Crippen LogP contribution in [0.15, 0.2) is 59.5 Å². The van der Waals surface area contributed by atoms with Gasteiger partial charge in [0.05, 0.1) is 7.11 Å². The molecular weight excluding hydrogens is 366 g/mol. The summed E-state index contributed by atoms with van der Waals surface area (Å²) in [6, 6.07) is 15.4. The minimum absolute atomic E-state index is 0.0602. The molecular formula is C23H23N3O3. The molecule has 2 aromatic heterocycles.